The summed E-state index contributed by atoms with van der Waals surface area (Å²) in [6.45, 7) is 8.59. The molecule has 0 unspecified atom stereocenters. The van der Waals surface area contributed by atoms with E-state index in [0.717, 1.165) is 18.9 Å². The number of nitrogens with zero attached hydrogens (tertiary/aromatic N) is 3. The summed E-state index contributed by atoms with van der Waals surface area (Å²) < 4.78 is 7.02. The van der Waals surface area contributed by atoms with Crippen LogP contribution in [0.5, 0.6) is 0 Å². The average molecular weight is 212 g/mol. The first kappa shape index (κ1) is 12.1. The van der Waals surface area contributed by atoms with Crippen LogP contribution in [0, 0.1) is 0 Å². The molecule has 0 aliphatic rings. The predicted molar refractivity (Wildman–Crippen MR) is 58.5 cm³/mol. The standard InChI is InChI=1S/C10H20N4O/c1-10(2,3)11-7-9-13-12-8-14(9)5-6-15-4/h8,11H,5-7H2,1-4H3. The Morgan fingerprint density at radius 1 is 1.47 bits per heavy atom. The van der Waals surface area contributed by atoms with Crippen molar-refractivity contribution in [3.05, 3.63) is 12.2 Å². The number of rotatable bonds is 5. The molecule has 0 saturated heterocycles. The van der Waals surface area contributed by atoms with Gasteiger partial charge in [0.1, 0.15) is 12.2 Å². The second-order valence-corrected chi connectivity index (χ2v) is 4.54. The van der Waals surface area contributed by atoms with E-state index >= 15 is 0 Å². The van der Waals surface area contributed by atoms with E-state index in [1.165, 1.54) is 0 Å². The lowest BCUT2D eigenvalue weighted by molar-refractivity contribution is 0.186. The number of aromatic nitrogens is 3. The van der Waals surface area contributed by atoms with Crippen LogP contribution in [0.3, 0.4) is 0 Å². The molecule has 0 aliphatic heterocycles. The van der Waals surface area contributed by atoms with E-state index in [2.05, 4.69) is 36.3 Å². The maximum Gasteiger partial charge on any atom is 0.146 e. The Hall–Kier alpha value is -0.940. The van der Waals surface area contributed by atoms with E-state index in [4.69, 9.17) is 4.74 Å². The summed E-state index contributed by atoms with van der Waals surface area (Å²) in [4.78, 5) is 0. The SMILES string of the molecule is COCCn1cnnc1CNC(C)(C)C. The summed E-state index contributed by atoms with van der Waals surface area (Å²) in [5.41, 5.74) is 0.0953. The van der Waals surface area contributed by atoms with Gasteiger partial charge in [0.2, 0.25) is 0 Å². The molecular weight excluding hydrogens is 192 g/mol. The van der Waals surface area contributed by atoms with Gasteiger partial charge in [-0.3, -0.25) is 0 Å². The molecule has 1 N–H and O–H groups in total. The van der Waals surface area contributed by atoms with E-state index in [0.29, 0.717) is 6.61 Å². The van der Waals surface area contributed by atoms with Gasteiger partial charge in [0.25, 0.3) is 0 Å². The molecule has 0 amide bonds. The van der Waals surface area contributed by atoms with Crippen molar-refractivity contribution in [3.63, 3.8) is 0 Å². The van der Waals surface area contributed by atoms with Crippen LogP contribution in [0.15, 0.2) is 6.33 Å². The van der Waals surface area contributed by atoms with E-state index < -0.39 is 0 Å². The summed E-state index contributed by atoms with van der Waals surface area (Å²) in [7, 11) is 1.69. The molecule has 1 heterocycles. The molecule has 1 aromatic rings. The number of hydrogen-bond donors (Lipinski definition) is 1. The fourth-order valence-electron chi connectivity index (χ4n) is 1.14. The monoisotopic (exact) mass is 212 g/mol. The Balaban J connectivity index is 2.50. The van der Waals surface area contributed by atoms with Crippen LogP contribution in [0.1, 0.15) is 26.6 Å². The molecule has 0 spiro atoms. The van der Waals surface area contributed by atoms with Gasteiger partial charge in [-0.05, 0) is 20.8 Å². The molecule has 1 rings (SSSR count). The maximum atomic E-state index is 5.02. The van der Waals surface area contributed by atoms with Crippen LogP contribution in [0.25, 0.3) is 0 Å². The molecule has 5 nitrogen and oxygen atoms in total. The number of hydrogen-bond acceptors (Lipinski definition) is 4. The summed E-state index contributed by atoms with van der Waals surface area (Å²) in [5.74, 6) is 0.946. The van der Waals surface area contributed by atoms with Crippen molar-refractivity contribution in [2.75, 3.05) is 13.7 Å². The minimum absolute atomic E-state index is 0.0953. The van der Waals surface area contributed by atoms with Gasteiger partial charge < -0.3 is 14.6 Å². The largest absolute Gasteiger partial charge is 0.383 e. The second kappa shape index (κ2) is 5.23. The Morgan fingerprint density at radius 2 is 2.20 bits per heavy atom. The Bertz CT molecular complexity index is 290. The minimum atomic E-state index is 0.0953. The highest BCUT2D eigenvalue weighted by atomic mass is 16.5. The number of methoxy groups -OCH3 is 1. The lowest BCUT2D eigenvalue weighted by Crippen LogP contribution is -2.36. The maximum absolute atomic E-state index is 5.02. The van der Waals surface area contributed by atoms with E-state index in [1.54, 1.807) is 13.4 Å². The van der Waals surface area contributed by atoms with Gasteiger partial charge in [0, 0.05) is 19.2 Å². The van der Waals surface area contributed by atoms with Crippen molar-refractivity contribution in [1.29, 1.82) is 0 Å². The molecular formula is C10H20N4O. The van der Waals surface area contributed by atoms with E-state index in [1.807, 2.05) is 4.57 Å². The van der Waals surface area contributed by atoms with Crippen molar-refractivity contribution in [2.45, 2.75) is 39.4 Å². The van der Waals surface area contributed by atoms with Crippen LogP contribution in [0.4, 0.5) is 0 Å². The van der Waals surface area contributed by atoms with Crippen molar-refractivity contribution in [1.82, 2.24) is 20.1 Å². The Kier molecular flexibility index (Phi) is 4.23. The van der Waals surface area contributed by atoms with Crippen molar-refractivity contribution < 1.29 is 4.74 Å². The van der Waals surface area contributed by atoms with Gasteiger partial charge in [-0.1, -0.05) is 0 Å². The molecule has 0 radical (unpaired) electrons. The van der Waals surface area contributed by atoms with Gasteiger partial charge in [-0.25, -0.2) is 0 Å². The van der Waals surface area contributed by atoms with Gasteiger partial charge >= 0.3 is 0 Å². The van der Waals surface area contributed by atoms with Crippen LogP contribution in [-0.2, 0) is 17.8 Å². The van der Waals surface area contributed by atoms with Gasteiger partial charge in [0.15, 0.2) is 0 Å². The lowest BCUT2D eigenvalue weighted by Gasteiger charge is -2.20. The van der Waals surface area contributed by atoms with Crippen LogP contribution < -0.4 is 5.32 Å². The van der Waals surface area contributed by atoms with Crippen molar-refractivity contribution >= 4 is 0 Å². The highest BCUT2D eigenvalue weighted by Gasteiger charge is 2.11. The topological polar surface area (TPSA) is 52.0 Å². The van der Waals surface area contributed by atoms with Crippen LogP contribution >= 0.6 is 0 Å². The minimum Gasteiger partial charge on any atom is -0.383 e. The zero-order valence-electron chi connectivity index (χ0n) is 9.95. The third-order valence-electron chi connectivity index (χ3n) is 2.01. The molecule has 0 atom stereocenters. The molecule has 1 aromatic heterocycles. The molecule has 0 bridgehead atoms. The normalized spacial score (nSPS) is 12.0. The molecule has 0 aromatic carbocycles. The summed E-state index contributed by atoms with van der Waals surface area (Å²) in [6, 6.07) is 0. The first-order valence-corrected chi connectivity index (χ1v) is 5.13. The predicted octanol–water partition coefficient (Wildman–Crippen LogP) is 0.813. The van der Waals surface area contributed by atoms with E-state index in [9.17, 15) is 0 Å². The third kappa shape index (κ3) is 4.40. The molecule has 0 saturated carbocycles. The first-order valence-electron chi connectivity index (χ1n) is 5.13. The van der Waals surface area contributed by atoms with Gasteiger partial charge in [0.05, 0.1) is 13.2 Å². The second-order valence-electron chi connectivity index (χ2n) is 4.54. The smallest absolute Gasteiger partial charge is 0.146 e. The number of nitrogens with one attached hydrogen (secondary N) is 1. The number of ether oxygens (including phenoxy) is 1. The van der Waals surface area contributed by atoms with Gasteiger partial charge in [-0.2, -0.15) is 0 Å². The highest BCUT2D eigenvalue weighted by Crippen LogP contribution is 2.02. The Labute approximate surface area is 90.8 Å². The van der Waals surface area contributed by atoms with Gasteiger partial charge in [-0.15, -0.1) is 10.2 Å². The summed E-state index contributed by atoms with van der Waals surface area (Å²) in [6.07, 6.45) is 1.73. The molecule has 5 heteroatoms. The first-order chi connectivity index (χ1) is 7.03. The summed E-state index contributed by atoms with van der Waals surface area (Å²) in [5, 5.41) is 11.3. The summed E-state index contributed by atoms with van der Waals surface area (Å²) >= 11 is 0. The van der Waals surface area contributed by atoms with Crippen molar-refractivity contribution in [2.24, 2.45) is 0 Å². The van der Waals surface area contributed by atoms with Crippen LogP contribution in [-0.4, -0.2) is 34.0 Å². The fraction of sp³-hybridized carbons (Fsp3) is 0.800. The highest BCUT2D eigenvalue weighted by molar-refractivity contribution is 4.87. The quantitative estimate of drug-likeness (QED) is 0.785. The zero-order valence-corrected chi connectivity index (χ0v) is 9.95. The molecule has 15 heavy (non-hydrogen) atoms. The fourth-order valence-corrected chi connectivity index (χ4v) is 1.14. The zero-order chi connectivity index (χ0) is 11.3. The molecule has 0 fully saturated rings. The van der Waals surface area contributed by atoms with Crippen molar-refractivity contribution in [3.8, 4) is 0 Å². The lowest BCUT2D eigenvalue weighted by atomic mass is 10.1. The third-order valence-corrected chi connectivity index (χ3v) is 2.01. The molecule has 0 aliphatic carbocycles. The van der Waals surface area contributed by atoms with E-state index in [-0.39, 0.29) is 5.54 Å². The average Bonchev–Trinajstić information content (AvgIpc) is 2.57. The van der Waals surface area contributed by atoms with Crippen LogP contribution in [0.2, 0.25) is 0 Å². The Morgan fingerprint density at radius 3 is 2.80 bits per heavy atom. The molecule has 86 valence electrons.